The van der Waals surface area contributed by atoms with Gasteiger partial charge >= 0.3 is 0 Å². The van der Waals surface area contributed by atoms with Crippen LogP contribution >= 0.6 is 23.2 Å². The Balaban J connectivity index is 2.36. The zero-order valence-electron chi connectivity index (χ0n) is 11.7. The maximum absolute atomic E-state index is 13.8. The summed E-state index contributed by atoms with van der Waals surface area (Å²) >= 11 is 11.5. The third-order valence-electron chi connectivity index (χ3n) is 2.73. The number of anilines is 2. The van der Waals surface area contributed by atoms with Crippen molar-refractivity contribution in [3.8, 4) is 0 Å². The molecular weight excluding hydrogens is 366 g/mol. The van der Waals surface area contributed by atoms with E-state index in [0.29, 0.717) is 0 Å². The summed E-state index contributed by atoms with van der Waals surface area (Å²) in [6.45, 7) is 1.28. The number of nitrogens with one attached hydrogen (secondary N) is 2. The van der Waals surface area contributed by atoms with Gasteiger partial charge in [-0.3, -0.25) is 9.52 Å². The molecule has 0 aliphatic heterocycles. The Morgan fingerprint density at radius 2 is 1.78 bits per heavy atom. The van der Waals surface area contributed by atoms with Crippen LogP contribution in [0.5, 0.6) is 0 Å². The van der Waals surface area contributed by atoms with Gasteiger partial charge in [0.2, 0.25) is 5.91 Å². The highest BCUT2D eigenvalue weighted by Crippen LogP contribution is 2.27. The minimum absolute atomic E-state index is 0.0574. The van der Waals surface area contributed by atoms with Crippen LogP contribution in [0.25, 0.3) is 0 Å². The summed E-state index contributed by atoms with van der Waals surface area (Å²) < 4.78 is 40.5. The monoisotopic (exact) mass is 376 g/mol. The fourth-order valence-electron chi connectivity index (χ4n) is 1.73. The van der Waals surface area contributed by atoms with Gasteiger partial charge in [0, 0.05) is 12.6 Å². The first-order chi connectivity index (χ1) is 10.7. The normalized spacial score (nSPS) is 11.1. The molecule has 0 fully saturated rings. The van der Waals surface area contributed by atoms with Gasteiger partial charge in [0.15, 0.2) is 0 Å². The van der Waals surface area contributed by atoms with Crippen LogP contribution in [0.1, 0.15) is 6.92 Å². The highest BCUT2D eigenvalue weighted by atomic mass is 35.5. The van der Waals surface area contributed by atoms with Gasteiger partial charge in [-0.2, -0.15) is 0 Å². The molecule has 2 N–H and O–H groups in total. The molecule has 0 radical (unpaired) electrons. The molecule has 5 nitrogen and oxygen atoms in total. The fraction of sp³-hybridized carbons (Fsp3) is 0.0714. The van der Waals surface area contributed by atoms with Crippen LogP contribution in [0.15, 0.2) is 41.3 Å². The zero-order chi connectivity index (χ0) is 17.2. The Morgan fingerprint density at radius 1 is 1.09 bits per heavy atom. The van der Waals surface area contributed by atoms with Crippen molar-refractivity contribution in [3.05, 3.63) is 52.3 Å². The minimum Gasteiger partial charge on any atom is -0.326 e. The molecule has 23 heavy (non-hydrogen) atoms. The van der Waals surface area contributed by atoms with Crippen molar-refractivity contribution in [2.75, 3.05) is 10.0 Å². The van der Waals surface area contributed by atoms with Gasteiger partial charge in [0.25, 0.3) is 10.0 Å². The van der Waals surface area contributed by atoms with E-state index in [9.17, 15) is 17.6 Å². The van der Waals surface area contributed by atoms with E-state index in [0.717, 1.165) is 12.1 Å². The lowest BCUT2D eigenvalue weighted by Crippen LogP contribution is -2.14. The van der Waals surface area contributed by atoms with Crippen LogP contribution in [0.4, 0.5) is 15.8 Å². The Hall–Kier alpha value is -1.83. The molecule has 0 saturated carbocycles. The molecule has 2 aromatic rings. The fourth-order valence-corrected chi connectivity index (χ4v) is 3.18. The summed E-state index contributed by atoms with van der Waals surface area (Å²) in [6.07, 6.45) is 0. The molecule has 0 unspecified atom stereocenters. The maximum atomic E-state index is 13.8. The lowest BCUT2D eigenvalue weighted by atomic mass is 10.2. The zero-order valence-corrected chi connectivity index (χ0v) is 14.1. The van der Waals surface area contributed by atoms with Crippen molar-refractivity contribution in [2.24, 2.45) is 0 Å². The number of carbonyl (C=O) groups excluding carboxylic acids is 1. The van der Waals surface area contributed by atoms with Crippen LogP contribution in [-0.2, 0) is 14.8 Å². The molecule has 9 heteroatoms. The smallest absolute Gasteiger partial charge is 0.262 e. The number of benzene rings is 2. The van der Waals surface area contributed by atoms with Gasteiger partial charge in [-0.15, -0.1) is 0 Å². The van der Waals surface area contributed by atoms with Crippen molar-refractivity contribution < 1.29 is 17.6 Å². The van der Waals surface area contributed by atoms with Crippen LogP contribution in [-0.4, -0.2) is 14.3 Å². The number of halogens is 3. The van der Waals surface area contributed by atoms with E-state index in [2.05, 4.69) is 10.0 Å². The second-order valence-corrected chi connectivity index (χ2v) is 7.05. The Morgan fingerprint density at radius 3 is 2.39 bits per heavy atom. The summed E-state index contributed by atoms with van der Waals surface area (Å²) in [5, 5.41) is 2.69. The molecule has 0 bridgehead atoms. The standard InChI is InChI=1S/C14H11Cl2FN2O3S/c1-8(20)18-9-2-5-13(17)14(6-9)19-23(21,22)10-3-4-11(15)12(16)7-10/h2-7,19H,1H3,(H,18,20). The van der Waals surface area contributed by atoms with Gasteiger partial charge in [-0.05, 0) is 36.4 Å². The molecule has 2 rings (SSSR count). The summed E-state index contributed by atoms with van der Waals surface area (Å²) in [6, 6.07) is 7.24. The molecule has 0 aliphatic rings. The van der Waals surface area contributed by atoms with E-state index < -0.39 is 15.8 Å². The van der Waals surface area contributed by atoms with Crippen molar-refractivity contribution in [3.63, 3.8) is 0 Å². The molecule has 1 amide bonds. The molecule has 0 saturated heterocycles. The SMILES string of the molecule is CC(=O)Nc1ccc(F)c(NS(=O)(=O)c2ccc(Cl)c(Cl)c2)c1. The lowest BCUT2D eigenvalue weighted by Gasteiger charge is -2.11. The van der Waals surface area contributed by atoms with Gasteiger partial charge in [0.1, 0.15) is 5.82 Å². The summed E-state index contributed by atoms with van der Waals surface area (Å²) in [7, 11) is -4.07. The van der Waals surface area contributed by atoms with Crippen molar-refractivity contribution in [1.29, 1.82) is 0 Å². The summed E-state index contributed by atoms with van der Waals surface area (Å²) in [4.78, 5) is 10.8. The van der Waals surface area contributed by atoms with E-state index in [1.807, 2.05) is 0 Å². The van der Waals surface area contributed by atoms with Gasteiger partial charge in [0.05, 0.1) is 20.6 Å². The van der Waals surface area contributed by atoms with Crippen LogP contribution < -0.4 is 10.0 Å². The number of rotatable bonds is 4. The first kappa shape index (κ1) is 17.5. The van der Waals surface area contributed by atoms with Gasteiger partial charge in [-0.1, -0.05) is 23.2 Å². The third kappa shape index (κ3) is 4.34. The second-order valence-electron chi connectivity index (χ2n) is 4.56. The number of amides is 1. The summed E-state index contributed by atoms with van der Waals surface area (Å²) in [5.74, 6) is -1.15. The molecule has 0 heterocycles. The average Bonchev–Trinajstić information content (AvgIpc) is 2.44. The van der Waals surface area contributed by atoms with E-state index in [1.165, 1.54) is 31.2 Å². The van der Waals surface area contributed by atoms with Crippen molar-refractivity contribution in [2.45, 2.75) is 11.8 Å². The Labute approximate surface area is 142 Å². The summed E-state index contributed by atoms with van der Waals surface area (Å²) in [5.41, 5.74) is -0.0481. The Bertz CT molecular complexity index is 872. The predicted molar refractivity (Wildman–Crippen MR) is 88.0 cm³/mol. The predicted octanol–water partition coefficient (Wildman–Crippen LogP) is 3.89. The average molecular weight is 377 g/mol. The first-order valence-corrected chi connectivity index (χ1v) is 8.48. The molecule has 0 aromatic heterocycles. The van der Waals surface area contributed by atoms with Crippen LogP contribution in [0, 0.1) is 5.82 Å². The number of hydrogen-bond acceptors (Lipinski definition) is 3. The van der Waals surface area contributed by atoms with Gasteiger partial charge in [-0.25, -0.2) is 12.8 Å². The molecule has 0 atom stereocenters. The lowest BCUT2D eigenvalue weighted by molar-refractivity contribution is -0.114. The highest BCUT2D eigenvalue weighted by molar-refractivity contribution is 7.92. The van der Waals surface area contributed by atoms with Crippen molar-refractivity contribution >= 4 is 50.5 Å². The number of hydrogen-bond donors (Lipinski definition) is 2. The molecule has 0 spiro atoms. The third-order valence-corrected chi connectivity index (χ3v) is 4.83. The molecule has 0 aliphatic carbocycles. The van der Waals surface area contributed by atoms with Crippen LogP contribution in [0.3, 0.4) is 0 Å². The minimum atomic E-state index is -4.07. The molecule has 2 aromatic carbocycles. The highest BCUT2D eigenvalue weighted by Gasteiger charge is 2.18. The van der Waals surface area contributed by atoms with Crippen LogP contribution in [0.2, 0.25) is 10.0 Å². The number of carbonyl (C=O) groups is 1. The van der Waals surface area contributed by atoms with Gasteiger partial charge < -0.3 is 5.32 Å². The number of sulfonamides is 1. The van der Waals surface area contributed by atoms with E-state index in [4.69, 9.17) is 23.2 Å². The van der Waals surface area contributed by atoms with Crippen molar-refractivity contribution in [1.82, 2.24) is 0 Å². The van der Waals surface area contributed by atoms with E-state index in [-0.39, 0.29) is 32.2 Å². The quantitative estimate of drug-likeness (QED) is 0.849. The first-order valence-electron chi connectivity index (χ1n) is 6.24. The maximum Gasteiger partial charge on any atom is 0.262 e. The second kappa shape index (κ2) is 6.74. The molecular formula is C14H11Cl2FN2O3S. The van der Waals surface area contributed by atoms with E-state index >= 15 is 0 Å². The Kier molecular flexibility index (Phi) is 5.13. The molecule has 122 valence electrons. The topological polar surface area (TPSA) is 75.3 Å². The largest absolute Gasteiger partial charge is 0.326 e. The van der Waals surface area contributed by atoms with E-state index in [1.54, 1.807) is 0 Å².